The standard InChI is InChI=1S/C14H19ClN4O2/c1-21-14-5-2-4-13(15)12(14)9-16-8-11-10-19(18-17-11)6-3-7-20/h2,4-5,10,16,20H,3,6-9H2,1H3. The minimum Gasteiger partial charge on any atom is -0.496 e. The molecular formula is C14H19ClN4O2. The third kappa shape index (κ3) is 4.42. The van der Waals surface area contributed by atoms with Gasteiger partial charge in [-0.2, -0.15) is 0 Å². The van der Waals surface area contributed by atoms with Gasteiger partial charge in [0.2, 0.25) is 0 Å². The zero-order valence-electron chi connectivity index (χ0n) is 11.9. The number of halogens is 1. The average Bonchev–Trinajstić information content (AvgIpc) is 2.94. The summed E-state index contributed by atoms with van der Waals surface area (Å²) in [6.45, 7) is 2.00. The number of aliphatic hydroxyl groups is 1. The highest BCUT2D eigenvalue weighted by Crippen LogP contribution is 2.25. The van der Waals surface area contributed by atoms with Crippen molar-refractivity contribution in [3.8, 4) is 5.75 Å². The molecule has 0 unspecified atom stereocenters. The van der Waals surface area contributed by atoms with Crippen molar-refractivity contribution in [1.29, 1.82) is 0 Å². The van der Waals surface area contributed by atoms with E-state index in [2.05, 4.69) is 15.6 Å². The van der Waals surface area contributed by atoms with Crippen LogP contribution in [0.25, 0.3) is 0 Å². The van der Waals surface area contributed by atoms with Crippen LogP contribution in [0.2, 0.25) is 5.02 Å². The van der Waals surface area contributed by atoms with Crippen molar-refractivity contribution in [1.82, 2.24) is 20.3 Å². The first-order chi connectivity index (χ1) is 10.2. The first-order valence-corrected chi connectivity index (χ1v) is 7.14. The Hall–Kier alpha value is -1.63. The normalized spacial score (nSPS) is 10.8. The Balaban J connectivity index is 1.88. The minimum absolute atomic E-state index is 0.153. The number of hydrogen-bond donors (Lipinski definition) is 2. The number of methoxy groups -OCH3 is 1. The molecule has 0 fully saturated rings. The van der Waals surface area contributed by atoms with Gasteiger partial charge in [0.05, 0.1) is 12.8 Å². The van der Waals surface area contributed by atoms with E-state index in [4.69, 9.17) is 21.4 Å². The molecule has 0 saturated carbocycles. The molecule has 0 bridgehead atoms. The fourth-order valence-corrected chi connectivity index (χ4v) is 2.21. The highest BCUT2D eigenvalue weighted by Gasteiger charge is 2.07. The lowest BCUT2D eigenvalue weighted by Gasteiger charge is -2.10. The minimum atomic E-state index is 0.153. The van der Waals surface area contributed by atoms with Crippen LogP contribution >= 0.6 is 11.6 Å². The summed E-state index contributed by atoms with van der Waals surface area (Å²) in [5.41, 5.74) is 1.77. The van der Waals surface area contributed by atoms with Crippen LogP contribution in [0.3, 0.4) is 0 Å². The van der Waals surface area contributed by atoms with Crippen molar-refractivity contribution in [2.24, 2.45) is 0 Å². The van der Waals surface area contributed by atoms with Crippen LogP contribution in [0.15, 0.2) is 24.4 Å². The van der Waals surface area contributed by atoms with Gasteiger partial charge in [-0.3, -0.25) is 4.68 Å². The predicted molar refractivity (Wildman–Crippen MR) is 80.3 cm³/mol. The molecule has 0 aliphatic heterocycles. The maximum Gasteiger partial charge on any atom is 0.124 e. The third-order valence-electron chi connectivity index (χ3n) is 3.04. The van der Waals surface area contributed by atoms with E-state index in [1.807, 2.05) is 24.4 Å². The van der Waals surface area contributed by atoms with Crippen LogP contribution in [0.5, 0.6) is 5.75 Å². The van der Waals surface area contributed by atoms with E-state index in [0.29, 0.717) is 31.1 Å². The van der Waals surface area contributed by atoms with Crippen LogP contribution in [0.4, 0.5) is 0 Å². The Morgan fingerprint density at radius 3 is 3.00 bits per heavy atom. The zero-order chi connectivity index (χ0) is 15.1. The number of aliphatic hydroxyl groups excluding tert-OH is 1. The SMILES string of the molecule is COc1cccc(Cl)c1CNCc1cn(CCCO)nn1. The van der Waals surface area contributed by atoms with Gasteiger partial charge in [0, 0.05) is 43.0 Å². The fourth-order valence-electron chi connectivity index (χ4n) is 1.98. The van der Waals surface area contributed by atoms with Crippen LogP contribution in [-0.4, -0.2) is 33.8 Å². The molecule has 0 atom stereocenters. The zero-order valence-corrected chi connectivity index (χ0v) is 12.7. The number of nitrogens with zero attached hydrogens (tertiary/aromatic N) is 3. The average molecular weight is 311 g/mol. The predicted octanol–water partition coefficient (Wildman–Crippen LogP) is 1.61. The lowest BCUT2D eigenvalue weighted by molar-refractivity contribution is 0.276. The molecule has 2 rings (SSSR count). The monoisotopic (exact) mass is 310 g/mol. The number of ether oxygens (including phenoxy) is 1. The lowest BCUT2D eigenvalue weighted by Crippen LogP contribution is -2.14. The molecule has 114 valence electrons. The van der Waals surface area contributed by atoms with Crippen molar-refractivity contribution in [3.63, 3.8) is 0 Å². The summed E-state index contributed by atoms with van der Waals surface area (Å²) in [6, 6.07) is 5.58. The molecule has 1 aromatic heterocycles. The number of nitrogens with one attached hydrogen (secondary N) is 1. The van der Waals surface area contributed by atoms with E-state index in [1.165, 1.54) is 0 Å². The summed E-state index contributed by atoms with van der Waals surface area (Å²) >= 11 is 6.18. The van der Waals surface area contributed by atoms with Gasteiger partial charge >= 0.3 is 0 Å². The largest absolute Gasteiger partial charge is 0.496 e. The summed E-state index contributed by atoms with van der Waals surface area (Å²) in [6.07, 6.45) is 2.54. The molecule has 0 aliphatic carbocycles. The quantitative estimate of drug-likeness (QED) is 0.775. The topological polar surface area (TPSA) is 72.2 Å². The molecule has 0 spiro atoms. The second-order valence-electron chi connectivity index (χ2n) is 4.57. The van der Waals surface area contributed by atoms with Crippen molar-refractivity contribution in [2.75, 3.05) is 13.7 Å². The van der Waals surface area contributed by atoms with Gasteiger partial charge in [-0.25, -0.2) is 0 Å². The Morgan fingerprint density at radius 1 is 1.38 bits per heavy atom. The molecule has 7 heteroatoms. The van der Waals surface area contributed by atoms with Crippen LogP contribution in [0.1, 0.15) is 17.7 Å². The number of hydrogen-bond acceptors (Lipinski definition) is 5. The molecule has 2 aromatic rings. The fraction of sp³-hybridized carbons (Fsp3) is 0.429. The molecule has 2 N–H and O–H groups in total. The third-order valence-corrected chi connectivity index (χ3v) is 3.39. The highest BCUT2D eigenvalue weighted by atomic mass is 35.5. The van der Waals surface area contributed by atoms with E-state index in [0.717, 1.165) is 17.0 Å². The van der Waals surface area contributed by atoms with Crippen molar-refractivity contribution < 1.29 is 9.84 Å². The Morgan fingerprint density at radius 2 is 2.24 bits per heavy atom. The molecule has 1 heterocycles. The molecular weight excluding hydrogens is 292 g/mol. The van der Waals surface area contributed by atoms with E-state index >= 15 is 0 Å². The first kappa shape index (κ1) is 15.8. The van der Waals surface area contributed by atoms with Crippen LogP contribution < -0.4 is 10.1 Å². The second-order valence-corrected chi connectivity index (χ2v) is 4.98. The van der Waals surface area contributed by atoms with Crippen LogP contribution in [-0.2, 0) is 19.6 Å². The molecule has 0 amide bonds. The molecule has 0 radical (unpaired) electrons. The van der Waals surface area contributed by atoms with Gasteiger partial charge < -0.3 is 15.2 Å². The number of benzene rings is 1. The molecule has 1 aromatic carbocycles. The van der Waals surface area contributed by atoms with Gasteiger partial charge in [-0.1, -0.05) is 22.9 Å². The molecule has 21 heavy (non-hydrogen) atoms. The van der Waals surface area contributed by atoms with Gasteiger partial charge in [-0.15, -0.1) is 5.10 Å². The summed E-state index contributed by atoms with van der Waals surface area (Å²) < 4.78 is 7.02. The highest BCUT2D eigenvalue weighted by molar-refractivity contribution is 6.31. The van der Waals surface area contributed by atoms with Gasteiger partial charge in [0.15, 0.2) is 0 Å². The number of rotatable bonds is 8. The molecule has 0 aliphatic rings. The van der Waals surface area contributed by atoms with E-state index < -0.39 is 0 Å². The molecule has 6 nitrogen and oxygen atoms in total. The Labute approximate surface area is 128 Å². The van der Waals surface area contributed by atoms with Gasteiger partial charge in [-0.05, 0) is 18.6 Å². The number of aryl methyl sites for hydroxylation is 1. The van der Waals surface area contributed by atoms with E-state index in [1.54, 1.807) is 11.8 Å². The van der Waals surface area contributed by atoms with Gasteiger partial charge in [0.25, 0.3) is 0 Å². The Bertz CT molecular complexity index is 574. The maximum atomic E-state index is 8.78. The summed E-state index contributed by atoms with van der Waals surface area (Å²) in [7, 11) is 1.63. The number of aromatic nitrogens is 3. The van der Waals surface area contributed by atoms with E-state index in [-0.39, 0.29) is 6.61 Å². The van der Waals surface area contributed by atoms with Crippen molar-refractivity contribution >= 4 is 11.6 Å². The Kier molecular flexibility index (Phi) is 5.98. The van der Waals surface area contributed by atoms with Crippen molar-refractivity contribution in [2.45, 2.75) is 26.1 Å². The summed E-state index contributed by atoms with van der Waals surface area (Å²) in [4.78, 5) is 0. The lowest BCUT2D eigenvalue weighted by atomic mass is 10.2. The smallest absolute Gasteiger partial charge is 0.124 e. The van der Waals surface area contributed by atoms with Gasteiger partial charge in [0.1, 0.15) is 5.75 Å². The maximum absolute atomic E-state index is 8.78. The van der Waals surface area contributed by atoms with Crippen LogP contribution in [0, 0.1) is 0 Å². The summed E-state index contributed by atoms with van der Waals surface area (Å²) in [5.74, 6) is 0.765. The first-order valence-electron chi connectivity index (χ1n) is 6.76. The second kappa shape index (κ2) is 7.97. The molecule has 0 saturated heterocycles. The van der Waals surface area contributed by atoms with Crippen molar-refractivity contribution in [3.05, 3.63) is 40.7 Å². The summed E-state index contributed by atoms with van der Waals surface area (Å²) in [5, 5.41) is 20.8. The van der Waals surface area contributed by atoms with E-state index in [9.17, 15) is 0 Å².